The van der Waals surface area contributed by atoms with Crippen molar-refractivity contribution in [2.24, 2.45) is 0 Å². The molecule has 0 bridgehead atoms. The Kier molecular flexibility index (Phi) is 4.13. The maximum atomic E-state index is 11.4. The zero-order valence-electron chi connectivity index (χ0n) is 8.77. The predicted molar refractivity (Wildman–Crippen MR) is 59.4 cm³/mol. The van der Waals surface area contributed by atoms with Crippen molar-refractivity contribution in [2.75, 3.05) is 30.1 Å². The predicted octanol–water partition coefficient (Wildman–Crippen LogP) is -0.802. The Labute approximate surface area is 91.1 Å². The van der Waals surface area contributed by atoms with Gasteiger partial charge in [-0.15, -0.1) is 0 Å². The Morgan fingerprint density at radius 2 is 1.67 bits per heavy atom. The number of sulfone groups is 2. The van der Waals surface area contributed by atoms with Gasteiger partial charge in [0.1, 0.15) is 9.84 Å². The van der Waals surface area contributed by atoms with Gasteiger partial charge in [0, 0.05) is 18.8 Å². The van der Waals surface area contributed by atoms with Crippen molar-refractivity contribution in [1.29, 1.82) is 0 Å². The van der Waals surface area contributed by atoms with Crippen LogP contribution in [0.25, 0.3) is 0 Å². The first-order valence-corrected chi connectivity index (χ1v) is 8.78. The molecular weight excluding hydrogens is 238 g/mol. The van der Waals surface area contributed by atoms with Gasteiger partial charge in [0.15, 0.2) is 9.84 Å². The third kappa shape index (κ3) is 6.86. The molecule has 0 unspecified atom stereocenters. The van der Waals surface area contributed by atoms with E-state index >= 15 is 0 Å². The zero-order valence-corrected chi connectivity index (χ0v) is 10.4. The van der Waals surface area contributed by atoms with Crippen LogP contribution in [-0.4, -0.2) is 52.9 Å². The van der Waals surface area contributed by atoms with Crippen LogP contribution in [0.4, 0.5) is 0 Å². The van der Waals surface area contributed by atoms with E-state index in [9.17, 15) is 16.8 Å². The number of rotatable bonds is 7. The molecule has 0 radical (unpaired) electrons. The molecule has 1 aliphatic carbocycles. The van der Waals surface area contributed by atoms with Gasteiger partial charge in [0.25, 0.3) is 0 Å². The van der Waals surface area contributed by atoms with Crippen molar-refractivity contribution in [1.82, 2.24) is 5.32 Å². The average molecular weight is 255 g/mol. The summed E-state index contributed by atoms with van der Waals surface area (Å²) in [5.41, 5.74) is 0. The van der Waals surface area contributed by atoms with Crippen molar-refractivity contribution in [3.8, 4) is 0 Å². The first-order chi connectivity index (χ1) is 6.79. The summed E-state index contributed by atoms with van der Waals surface area (Å²) in [4.78, 5) is 0. The van der Waals surface area contributed by atoms with Crippen LogP contribution in [0.5, 0.6) is 0 Å². The van der Waals surface area contributed by atoms with E-state index in [2.05, 4.69) is 5.32 Å². The summed E-state index contributed by atoms with van der Waals surface area (Å²) in [6, 6.07) is 0.482. The topological polar surface area (TPSA) is 80.3 Å². The monoisotopic (exact) mass is 255 g/mol. The molecule has 0 spiro atoms. The number of hydrogen-bond acceptors (Lipinski definition) is 5. The lowest BCUT2D eigenvalue weighted by atomic mass is 10.6. The molecular formula is C8H17NO4S2. The fourth-order valence-corrected chi connectivity index (χ4v) is 3.95. The molecule has 1 saturated carbocycles. The van der Waals surface area contributed by atoms with Gasteiger partial charge in [-0.3, -0.25) is 0 Å². The molecule has 0 aromatic carbocycles. The number of nitrogens with one attached hydrogen (secondary N) is 1. The fourth-order valence-electron chi connectivity index (χ4n) is 1.09. The molecule has 1 fully saturated rings. The van der Waals surface area contributed by atoms with Crippen molar-refractivity contribution in [2.45, 2.75) is 18.9 Å². The van der Waals surface area contributed by atoms with E-state index in [1.54, 1.807) is 0 Å². The van der Waals surface area contributed by atoms with Crippen LogP contribution in [-0.2, 0) is 19.7 Å². The van der Waals surface area contributed by atoms with Crippen molar-refractivity contribution in [3.05, 3.63) is 0 Å². The molecule has 15 heavy (non-hydrogen) atoms. The highest BCUT2D eigenvalue weighted by molar-refractivity contribution is 7.94. The van der Waals surface area contributed by atoms with E-state index in [-0.39, 0.29) is 17.3 Å². The van der Waals surface area contributed by atoms with Crippen molar-refractivity contribution < 1.29 is 16.8 Å². The number of hydrogen-bond donors (Lipinski definition) is 1. The standard InChI is InChI=1S/C8H17NO4S2/c1-14(10,11)6-7-15(12,13)5-4-9-8-2-3-8/h8-9H,2-7H2,1H3. The maximum absolute atomic E-state index is 11.4. The molecule has 1 aliphatic rings. The van der Waals surface area contributed by atoms with E-state index in [1.165, 1.54) is 0 Å². The highest BCUT2D eigenvalue weighted by atomic mass is 32.2. The Morgan fingerprint density at radius 1 is 1.07 bits per heavy atom. The minimum absolute atomic E-state index is 0.0268. The van der Waals surface area contributed by atoms with Gasteiger partial charge in [0.2, 0.25) is 0 Å². The van der Waals surface area contributed by atoms with Gasteiger partial charge in [-0.2, -0.15) is 0 Å². The largest absolute Gasteiger partial charge is 0.313 e. The zero-order chi connectivity index (χ0) is 11.5. The van der Waals surface area contributed by atoms with E-state index in [1.807, 2.05) is 0 Å². The van der Waals surface area contributed by atoms with Crippen LogP contribution >= 0.6 is 0 Å². The lowest BCUT2D eigenvalue weighted by molar-refractivity contribution is 0.586. The van der Waals surface area contributed by atoms with Gasteiger partial charge in [-0.1, -0.05) is 0 Å². The molecule has 0 saturated heterocycles. The second-order valence-electron chi connectivity index (χ2n) is 4.01. The molecule has 0 amide bonds. The Bertz CT molecular complexity index is 394. The lowest BCUT2D eigenvalue weighted by Crippen LogP contribution is -2.27. The van der Waals surface area contributed by atoms with E-state index in [0.29, 0.717) is 12.6 Å². The quantitative estimate of drug-likeness (QED) is 0.644. The average Bonchev–Trinajstić information content (AvgIpc) is 2.83. The van der Waals surface area contributed by atoms with Gasteiger partial charge in [0.05, 0.1) is 17.3 Å². The summed E-state index contributed by atoms with van der Waals surface area (Å²) in [5.74, 6) is -0.518. The molecule has 0 atom stereocenters. The van der Waals surface area contributed by atoms with E-state index in [4.69, 9.17) is 0 Å². The third-order valence-electron chi connectivity index (χ3n) is 2.19. The smallest absolute Gasteiger partial charge is 0.152 e. The van der Waals surface area contributed by atoms with Gasteiger partial charge >= 0.3 is 0 Å². The van der Waals surface area contributed by atoms with Gasteiger partial charge in [-0.05, 0) is 12.8 Å². The molecule has 0 aromatic heterocycles. The SMILES string of the molecule is CS(=O)(=O)CCS(=O)(=O)CCNC1CC1. The fraction of sp³-hybridized carbons (Fsp3) is 1.00. The second-order valence-corrected chi connectivity index (χ2v) is 8.57. The van der Waals surface area contributed by atoms with Crippen molar-refractivity contribution >= 4 is 19.7 Å². The Hall–Kier alpha value is -0.140. The summed E-state index contributed by atoms with van der Waals surface area (Å²) in [7, 11) is -6.41. The van der Waals surface area contributed by atoms with Crippen molar-refractivity contribution in [3.63, 3.8) is 0 Å². The normalized spacial score (nSPS) is 17.9. The molecule has 0 aliphatic heterocycles. The summed E-state index contributed by atoms with van der Waals surface area (Å²) in [6.45, 7) is 0.427. The van der Waals surface area contributed by atoms with Gasteiger partial charge in [-0.25, -0.2) is 16.8 Å². The third-order valence-corrected chi connectivity index (χ3v) is 5.04. The van der Waals surface area contributed by atoms with Crippen LogP contribution in [0.15, 0.2) is 0 Å². The Balaban J connectivity index is 2.24. The molecule has 90 valence electrons. The molecule has 0 aromatic rings. The summed E-state index contributed by atoms with van der Waals surface area (Å²) >= 11 is 0. The Morgan fingerprint density at radius 3 is 2.13 bits per heavy atom. The maximum Gasteiger partial charge on any atom is 0.152 e. The van der Waals surface area contributed by atoms with Crippen LogP contribution in [0.2, 0.25) is 0 Å². The first kappa shape index (κ1) is 12.9. The highest BCUT2D eigenvalue weighted by Gasteiger charge is 2.21. The lowest BCUT2D eigenvalue weighted by Gasteiger charge is -2.04. The summed E-state index contributed by atoms with van der Waals surface area (Å²) in [5, 5.41) is 3.08. The second kappa shape index (κ2) is 4.80. The van der Waals surface area contributed by atoms with Crippen LogP contribution in [0, 0.1) is 0 Å². The molecule has 7 heteroatoms. The van der Waals surface area contributed by atoms with Gasteiger partial charge < -0.3 is 5.32 Å². The summed E-state index contributed by atoms with van der Waals surface area (Å²) in [6.07, 6.45) is 3.28. The molecule has 1 rings (SSSR count). The minimum Gasteiger partial charge on any atom is -0.313 e. The molecule has 0 heterocycles. The summed E-state index contributed by atoms with van der Waals surface area (Å²) < 4.78 is 44.3. The first-order valence-electron chi connectivity index (χ1n) is 4.90. The van der Waals surface area contributed by atoms with Crippen LogP contribution in [0.1, 0.15) is 12.8 Å². The van der Waals surface area contributed by atoms with E-state index < -0.39 is 19.7 Å². The molecule has 5 nitrogen and oxygen atoms in total. The van der Waals surface area contributed by atoms with E-state index in [0.717, 1.165) is 19.1 Å². The highest BCUT2D eigenvalue weighted by Crippen LogP contribution is 2.18. The molecule has 1 N–H and O–H groups in total. The van der Waals surface area contributed by atoms with Crippen LogP contribution < -0.4 is 5.32 Å². The van der Waals surface area contributed by atoms with Crippen LogP contribution in [0.3, 0.4) is 0 Å². The minimum atomic E-state index is -3.22.